The normalized spacial score (nSPS) is 11.3. The Kier molecular flexibility index (Phi) is 5.37. The third-order valence-corrected chi connectivity index (χ3v) is 4.46. The molecule has 0 aliphatic carbocycles. The predicted molar refractivity (Wildman–Crippen MR) is 81.7 cm³/mol. The van der Waals surface area contributed by atoms with Gasteiger partial charge in [-0.15, -0.1) is 0 Å². The number of carboxylic acids is 1. The summed E-state index contributed by atoms with van der Waals surface area (Å²) in [5.74, 6) is -0.639. The van der Waals surface area contributed by atoms with E-state index in [2.05, 4.69) is 10.0 Å². The summed E-state index contributed by atoms with van der Waals surface area (Å²) in [4.78, 5) is 10.8. The number of hydrogen-bond donors (Lipinski definition) is 4. The van der Waals surface area contributed by atoms with Crippen LogP contribution < -0.4 is 10.0 Å². The van der Waals surface area contributed by atoms with Gasteiger partial charge in [0.2, 0.25) is 10.0 Å². The number of aliphatic hydroxyl groups is 1. The number of furan rings is 1. The van der Waals surface area contributed by atoms with E-state index in [1.807, 2.05) is 0 Å². The largest absolute Gasteiger partial charge is 0.478 e. The molecular weight excluding hydrogens is 324 g/mol. The van der Waals surface area contributed by atoms with E-state index in [1.54, 1.807) is 12.1 Å². The van der Waals surface area contributed by atoms with Crippen LogP contribution in [-0.4, -0.2) is 37.8 Å². The number of carboxylic acid groups (broad SMARTS) is 1. The van der Waals surface area contributed by atoms with Gasteiger partial charge in [-0.1, -0.05) is 0 Å². The number of anilines is 1. The highest BCUT2D eigenvalue weighted by Crippen LogP contribution is 2.23. The van der Waals surface area contributed by atoms with Gasteiger partial charge in [-0.05, 0) is 30.3 Å². The number of hydrogen-bond acceptors (Lipinski definition) is 6. The van der Waals surface area contributed by atoms with E-state index >= 15 is 0 Å². The molecule has 8 nitrogen and oxygen atoms in total. The lowest BCUT2D eigenvalue weighted by atomic mass is 10.2. The third-order valence-electron chi connectivity index (χ3n) is 2.96. The minimum atomic E-state index is -3.97. The summed E-state index contributed by atoms with van der Waals surface area (Å²) in [6.45, 7) is -0.299. The van der Waals surface area contributed by atoms with Crippen molar-refractivity contribution in [2.24, 2.45) is 0 Å². The van der Waals surface area contributed by atoms with Gasteiger partial charge in [0.05, 0.1) is 30.7 Å². The summed E-state index contributed by atoms with van der Waals surface area (Å²) >= 11 is 0. The maximum absolute atomic E-state index is 12.3. The molecular formula is C14H16N2O6S. The molecule has 0 saturated heterocycles. The molecule has 124 valence electrons. The minimum absolute atomic E-state index is 0.155. The fraction of sp³-hybridized carbons (Fsp3) is 0.214. The van der Waals surface area contributed by atoms with E-state index in [1.165, 1.54) is 18.4 Å². The lowest BCUT2D eigenvalue weighted by Crippen LogP contribution is -2.27. The van der Waals surface area contributed by atoms with E-state index in [0.717, 1.165) is 6.07 Å². The van der Waals surface area contributed by atoms with Crippen molar-refractivity contribution >= 4 is 21.7 Å². The van der Waals surface area contributed by atoms with Gasteiger partial charge >= 0.3 is 5.97 Å². The van der Waals surface area contributed by atoms with Crippen LogP contribution in [0.25, 0.3) is 0 Å². The molecule has 2 rings (SSSR count). The van der Waals surface area contributed by atoms with Crippen molar-refractivity contribution in [1.82, 2.24) is 4.72 Å². The molecule has 1 heterocycles. The zero-order chi connectivity index (χ0) is 16.9. The molecule has 0 radical (unpaired) electrons. The second kappa shape index (κ2) is 7.27. The SMILES string of the molecule is O=C(O)c1ccc(NCc2ccco2)c(S(=O)(=O)NCCO)c1. The van der Waals surface area contributed by atoms with Gasteiger partial charge in [-0.25, -0.2) is 17.9 Å². The Morgan fingerprint density at radius 3 is 2.65 bits per heavy atom. The Labute approximate surface area is 132 Å². The van der Waals surface area contributed by atoms with Gasteiger partial charge in [0.25, 0.3) is 0 Å². The number of rotatable bonds is 8. The molecule has 0 aliphatic rings. The van der Waals surface area contributed by atoms with Crippen molar-refractivity contribution in [3.8, 4) is 0 Å². The highest BCUT2D eigenvalue weighted by Gasteiger charge is 2.20. The van der Waals surface area contributed by atoms with Crippen LogP contribution >= 0.6 is 0 Å². The van der Waals surface area contributed by atoms with Crippen LogP contribution in [0, 0.1) is 0 Å². The van der Waals surface area contributed by atoms with E-state index in [0.29, 0.717) is 5.76 Å². The monoisotopic (exact) mass is 340 g/mol. The molecule has 0 fully saturated rings. The van der Waals surface area contributed by atoms with Crippen LogP contribution in [-0.2, 0) is 16.6 Å². The van der Waals surface area contributed by atoms with Gasteiger partial charge in [0.1, 0.15) is 10.7 Å². The van der Waals surface area contributed by atoms with Crippen molar-refractivity contribution in [3.05, 3.63) is 47.9 Å². The van der Waals surface area contributed by atoms with Crippen LogP contribution in [0.2, 0.25) is 0 Å². The van der Waals surface area contributed by atoms with Gasteiger partial charge in [0, 0.05) is 6.54 Å². The van der Waals surface area contributed by atoms with Crippen LogP contribution in [0.3, 0.4) is 0 Å². The highest BCUT2D eigenvalue weighted by atomic mass is 32.2. The number of nitrogens with one attached hydrogen (secondary N) is 2. The molecule has 1 aromatic carbocycles. The highest BCUT2D eigenvalue weighted by molar-refractivity contribution is 7.89. The summed E-state index contributed by atoms with van der Waals surface area (Å²) in [6.07, 6.45) is 1.49. The maximum Gasteiger partial charge on any atom is 0.335 e. The van der Waals surface area contributed by atoms with Crippen LogP contribution in [0.4, 0.5) is 5.69 Å². The number of aromatic carboxylic acids is 1. The van der Waals surface area contributed by atoms with Crippen molar-refractivity contribution in [2.75, 3.05) is 18.5 Å². The zero-order valence-electron chi connectivity index (χ0n) is 12.0. The maximum atomic E-state index is 12.3. The number of carbonyl (C=O) groups is 1. The summed E-state index contributed by atoms with van der Waals surface area (Å²) in [7, 11) is -3.97. The number of sulfonamides is 1. The zero-order valence-corrected chi connectivity index (χ0v) is 12.8. The Balaban J connectivity index is 2.34. The average molecular weight is 340 g/mol. The van der Waals surface area contributed by atoms with Crippen molar-refractivity contribution in [3.63, 3.8) is 0 Å². The second-order valence-corrected chi connectivity index (χ2v) is 6.31. The Morgan fingerprint density at radius 2 is 2.04 bits per heavy atom. The molecule has 9 heteroatoms. The quantitative estimate of drug-likeness (QED) is 0.561. The van der Waals surface area contributed by atoms with Crippen LogP contribution in [0.1, 0.15) is 16.1 Å². The van der Waals surface area contributed by atoms with Crippen LogP contribution in [0.15, 0.2) is 45.9 Å². The Bertz CT molecular complexity index is 771. The lowest BCUT2D eigenvalue weighted by Gasteiger charge is -2.13. The molecule has 0 atom stereocenters. The van der Waals surface area contributed by atoms with Gasteiger partial charge < -0.3 is 19.9 Å². The van der Waals surface area contributed by atoms with Gasteiger partial charge in [-0.3, -0.25) is 0 Å². The summed E-state index contributed by atoms with van der Waals surface area (Å²) in [5, 5.41) is 20.7. The first kappa shape index (κ1) is 17.0. The second-order valence-electron chi connectivity index (χ2n) is 4.57. The standard InChI is InChI=1S/C14H16N2O6S/c17-6-5-16-23(20,21)13-8-10(14(18)19)3-4-12(13)15-9-11-2-1-7-22-11/h1-4,7-8,15-17H,5-6,9H2,(H,18,19). The van der Waals surface area contributed by atoms with E-state index < -0.39 is 16.0 Å². The Hall–Kier alpha value is -2.36. The summed E-state index contributed by atoms with van der Waals surface area (Å²) in [5.41, 5.74) is 0.0785. The Morgan fingerprint density at radius 1 is 1.26 bits per heavy atom. The molecule has 0 bridgehead atoms. The van der Waals surface area contributed by atoms with Crippen molar-refractivity contribution in [1.29, 1.82) is 0 Å². The van der Waals surface area contributed by atoms with E-state index in [4.69, 9.17) is 14.6 Å². The smallest absolute Gasteiger partial charge is 0.335 e. The molecule has 0 aliphatic heterocycles. The molecule has 2 aromatic rings. The number of benzene rings is 1. The van der Waals surface area contributed by atoms with E-state index in [9.17, 15) is 13.2 Å². The van der Waals surface area contributed by atoms with Gasteiger partial charge in [0.15, 0.2) is 0 Å². The summed E-state index contributed by atoms with van der Waals surface area (Å²) in [6, 6.07) is 7.16. The fourth-order valence-electron chi connectivity index (χ4n) is 1.88. The predicted octanol–water partition coefficient (Wildman–Crippen LogP) is 0.860. The minimum Gasteiger partial charge on any atom is -0.478 e. The first-order valence-electron chi connectivity index (χ1n) is 6.68. The molecule has 1 aromatic heterocycles. The molecule has 0 amide bonds. The fourth-order valence-corrected chi connectivity index (χ4v) is 3.10. The molecule has 4 N–H and O–H groups in total. The molecule has 23 heavy (non-hydrogen) atoms. The van der Waals surface area contributed by atoms with Gasteiger partial charge in [-0.2, -0.15) is 0 Å². The first-order chi connectivity index (χ1) is 10.9. The topological polar surface area (TPSA) is 129 Å². The van der Waals surface area contributed by atoms with Crippen molar-refractivity contribution < 1.29 is 27.8 Å². The lowest BCUT2D eigenvalue weighted by molar-refractivity contribution is 0.0696. The van der Waals surface area contributed by atoms with E-state index in [-0.39, 0.29) is 35.8 Å². The third kappa shape index (κ3) is 4.31. The molecule has 0 spiro atoms. The van der Waals surface area contributed by atoms with Crippen LogP contribution in [0.5, 0.6) is 0 Å². The first-order valence-corrected chi connectivity index (χ1v) is 8.16. The molecule has 0 unspecified atom stereocenters. The average Bonchev–Trinajstić information content (AvgIpc) is 3.04. The number of aliphatic hydroxyl groups excluding tert-OH is 1. The van der Waals surface area contributed by atoms with Crippen molar-refractivity contribution in [2.45, 2.75) is 11.4 Å². The molecule has 0 saturated carbocycles. The summed E-state index contributed by atoms with van der Waals surface area (Å²) < 4.78 is 31.9.